The van der Waals surface area contributed by atoms with E-state index < -0.39 is 17.5 Å². The number of rotatable bonds is 2. The van der Waals surface area contributed by atoms with Crippen LogP contribution in [-0.2, 0) is 19.1 Å². The van der Waals surface area contributed by atoms with Gasteiger partial charge in [0, 0.05) is 12.8 Å². The third-order valence-corrected chi connectivity index (χ3v) is 4.39. The van der Waals surface area contributed by atoms with Gasteiger partial charge in [-0.25, -0.2) is 0 Å². The lowest BCUT2D eigenvalue weighted by molar-refractivity contribution is -0.188. The summed E-state index contributed by atoms with van der Waals surface area (Å²) < 4.78 is 5.55. The maximum atomic E-state index is 12.1. The first-order chi connectivity index (χ1) is 8.50. The predicted octanol–water partition coefficient (Wildman–Crippen LogP) is 2.05. The van der Waals surface area contributed by atoms with E-state index in [9.17, 15) is 14.4 Å². The second kappa shape index (κ2) is 4.82. The van der Waals surface area contributed by atoms with Gasteiger partial charge in [-0.15, -0.1) is 0 Å². The molecule has 0 aromatic rings. The molecule has 4 nitrogen and oxygen atoms in total. The summed E-state index contributed by atoms with van der Waals surface area (Å²) in [6, 6.07) is 0. The van der Waals surface area contributed by atoms with Crippen molar-refractivity contribution in [2.75, 3.05) is 0 Å². The Hall–Kier alpha value is -1.19. The molecule has 0 aromatic carbocycles. The van der Waals surface area contributed by atoms with Crippen molar-refractivity contribution < 1.29 is 19.1 Å². The van der Waals surface area contributed by atoms with Crippen LogP contribution in [0.4, 0.5) is 0 Å². The van der Waals surface area contributed by atoms with Gasteiger partial charge >= 0.3 is 5.97 Å². The van der Waals surface area contributed by atoms with E-state index >= 15 is 0 Å². The molecule has 2 aliphatic rings. The number of hydrogen-bond acceptors (Lipinski definition) is 4. The third kappa shape index (κ3) is 2.08. The normalized spacial score (nSPS) is 36.6. The minimum atomic E-state index is -1.16. The predicted molar refractivity (Wildman–Crippen MR) is 64.9 cm³/mol. The number of hydrogen-bond donors (Lipinski definition) is 0. The molecule has 0 N–H and O–H groups in total. The highest BCUT2D eigenvalue weighted by Crippen LogP contribution is 2.43. The largest absolute Gasteiger partial charge is 0.457 e. The Bertz CT molecular complexity index is 367. The van der Waals surface area contributed by atoms with Crippen LogP contribution < -0.4 is 0 Å². The van der Waals surface area contributed by atoms with Crippen LogP contribution in [0.5, 0.6) is 0 Å². The minimum absolute atomic E-state index is 0.202. The van der Waals surface area contributed by atoms with Crippen molar-refractivity contribution in [1.82, 2.24) is 0 Å². The Labute approximate surface area is 107 Å². The van der Waals surface area contributed by atoms with E-state index in [1.54, 1.807) is 6.92 Å². The van der Waals surface area contributed by atoms with Crippen molar-refractivity contribution in [1.29, 1.82) is 0 Å². The Morgan fingerprint density at radius 3 is 2.67 bits per heavy atom. The first-order valence-corrected chi connectivity index (χ1v) is 6.78. The number of ketones is 2. The van der Waals surface area contributed by atoms with E-state index in [4.69, 9.17) is 4.74 Å². The number of carbonyl (C=O) groups is 3. The van der Waals surface area contributed by atoms with Gasteiger partial charge in [0.15, 0.2) is 17.5 Å². The number of esters is 1. The zero-order chi connectivity index (χ0) is 13.3. The zero-order valence-electron chi connectivity index (χ0n) is 11.0. The second-order valence-corrected chi connectivity index (χ2v) is 5.53. The molecule has 100 valence electrons. The Kier molecular flexibility index (Phi) is 3.55. The number of Topliss-reactive ketones (excluding diaryl/α,β-unsaturated/α-hetero) is 2. The molecule has 2 rings (SSSR count). The smallest absolute Gasteiger partial charge is 0.324 e. The van der Waals surface area contributed by atoms with E-state index in [2.05, 4.69) is 0 Å². The maximum absolute atomic E-state index is 12.1. The fourth-order valence-corrected chi connectivity index (χ4v) is 3.14. The summed E-state index contributed by atoms with van der Waals surface area (Å²) >= 11 is 0. The van der Waals surface area contributed by atoms with Gasteiger partial charge in [-0.05, 0) is 25.2 Å². The molecule has 1 heterocycles. The third-order valence-electron chi connectivity index (χ3n) is 4.39. The SMILES string of the molecule is CCC(=O)C1C(=O)CC2(CCCCC2C)OC1=O. The molecule has 18 heavy (non-hydrogen) atoms. The molecule has 0 aromatic heterocycles. The highest BCUT2D eigenvalue weighted by molar-refractivity contribution is 6.18. The van der Waals surface area contributed by atoms with Crippen LogP contribution in [0.3, 0.4) is 0 Å². The molecule has 0 amide bonds. The highest BCUT2D eigenvalue weighted by atomic mass is 16.6. The van der Waals surface area contributed by atoms with Crippen LogP contribution in [0, 0.1) is 11.8 Å². The van der Waals surface area contributed by atoms with E-state index in [0.29, 0.717) is 0 Å². The summed E-state index contributed by atoms with van der Waals surface area (Å²) in [5, 5.41) is 0. The van der Waals surface area contributed by atoms with Crippen LogP contribution in [-0.4, -0.2) is 23.1 Å². The number of ether oxygens (including phenoxy) is 1. The van der Waals surface area contributed by atoms with E-state index in [1.807, 2.05) is 6.92 Å². The van der Waals surface area contributed by atoms with E-state index in [-0.39, 0.29) is 30.3 Å². The zero-order valence-corrected chi connectivity index (χ0v) is 11.0. The summed E-state index contributed by atoms with van der Waals surface area (Å²) in [4.78, 5) is 35.7. The molecule has 3 unspecified atom stereocenters. The molecule has 1 aliphatic carbocycles. The molecule has 4 heteroatoms. The second-order valence-electron chi connectivity index (χ2n) is 5.53. The van der Waals surface area contributed by atoms with Gasteiger partial charge in [0.05, 0.1) is 0 Å². The minimum Gasteiger partial charge on any atom is -0.457 e. The Morgan fingerprint density at radius 1 is 1.39 bits per heavy atom. The molecule has 2 fully saturated rings. The van der Waals surface area contributed by atoms with Gasteiger partial charge in [0.2, 0.25) is 0 Å². The average Bonchev–Trinajstić information content (AvgIpc) is 2.32. The van der Waals surface area contributed by atoms with Crippen molar-refractivity contribution >= 4 is 17.5 Å². The van der Waals surface area contributed by atoms with Crippen LogP contribution in [0.15, 0.2) is 0 Å². The summed E-state index contributed by atoms with van der Waals surface area (Å²) in [6.45, 7) is 3.69. The lowest BCUT2D eigenvalue weighted by Crippen LogP contribution is -2.54. The van der Waals surface area contributed by atoms with Crippen LogP contribution in [0.25, 0.3) is 0 Å². The van der Waals surface area contributed by atoms with Crippen LogP contribution in [0.2, 0.25) is 0 Å². The average molecular weight is 252 g/mol. The van der Waals surface area contributed by atoms with Crippen molar-refractivity contribution in [3.8, 4) is 0 Å². The topological polar surface area (TPSA) is 60.4 Å². The summed E-state index contributed by atoms with van der Waals surface area (Å²) in [5.41, 5.74) is -0.628. The molecule has 1 saturated heterocycles. The van der Waals surface area contributed by atoms with Gasteiger partial charge in [-0.3, -0.25) is 14.4 Å². The first kappa shape index (κ1) is 13.2. The fraction of sp³-hybridized carbons (Fsp3) is 0.786. The quantitative estimate of drug-likeness (QED) is 0.557. The van der Waals surface area contributed by atoms with Gasteiger partial charge in [-0.2, -0.15) is 0 Å². The summed E-state index contributed by atoms with van der Waals surface area (Å²) in [7, 11) is 0. The highest BCUT2D eigenvalue weighted by Gasteiger charge is 2.52. The van der Waals surface area contributed by atoms with Crippen LogP contribution in [0.1, 0.15) is 52.4 Å². The maximum Gasteiger partial charge on any atom is 0.324 e. The molecule has 1 spiro atoms. The Morgan fingerprint density at radius 2 is 2.11 bits per heavy atom. The van der Waals surface area contributed by atoms with Gasteiger partial charge in [0.25, 0.3) is 0 Å². The van der Waals surface area contributed by atoms with Crippen molar-refractivity contribution in [2.45, 2.75) is 58.0 Å². The summed E-state index contributed by atoms with van der Waals surface area (Å²) in [5.74, 6) is -2.13. The summed E-state index contributed by atoms with van der Waals surface area (Å²) in [6.07, 6.45) is 4.25. The molecule has 3 atom stereocenters. The molecule has 0 radical (unpaired) electrons. The lowest BCUT2D eigenvalue weighted by Gasteiger charge is -2.45. The van der Waals surface area contributed by atoms with Crippen molar-refractivity contribution in [2.24, 2.45) is 11.8 Å². The fourth-order valence-electron chi connectivity index (χ4n) is 3.14. The first-order valence-electron chi connectivity index (χ1n) is 6.78. The van der Waals surface area contributed by atoms with Gasteiger partial charge in [0.1, 0.15) is 5.60 Å². The van der Waals surface area contributed by atoms with Crippen LogP contribution >= 0.6 is 0 Å². The Balaban J connectivity index is 2.20. The van der Waals surface area contributed by atoms with Crippen molar-refractivity contribution in [3.63, 3.8) is 0 Å². The molecule has 1 aliphatic heterocycles. The monoisotopic (exact) mass is 252 g/mol. The van der Waals surface area contributed by atoms with Crippen molar-refractivity contribution in [3.05, 3.63) is 0 Å². The number of carbonyl (C=O) groups excluding carboxylic acids is 3. The molecule has 0 bridgehead atoms. The lowest BCUT2D eigenvalue weighted by atomic mass is 9.70. The molecular weight excluding hydrogens is 232 g/mol. The molecular formula is C14H20O4. The standard InChI is InChI=1S/C14H20O4/c1-3-10(15)12-11(16)8-14(18-13(12)17)7-5-4-6-9(14)2/h9,12H,3-8H2,1-2H3. The van der Waals surface area contributed by atoms with Gasteiger partial charge < -0.3 is 4.74 Å². The molecule has 1 saturated carbocycles. The van der Waals surface area contributed by atoms with Gasteiger partial charge in [-0.1, -0.05) is 20.3 Å². The van der Waals surface area contributed by atoms with E-state index in [0.717, 1.165) is 25.7 Å². The van der Waals surface area contributed by atoms with E-state index in [1.165, 1.54) is 0 Å².